The van der Waals surface area contributed by atoms with Gasteiger partial charge < -0.3 is 9.67 Å². The number of benzene rings is 1. The minimum atomic E-state index is -0.887. The highest BCUT2D eigenvalue weighted by Gasteiger charge is 2.10. The summed E-state index contributed by atoms with van der Waals surface area (Å²) in [4.78, 5) is 15.2. The lowest BCUT2D eigenvalue weighted by atomic mass is 10.1. The van der Waals surface area contributed by atoms with Gasteiger partial charge in [-0.3, -0.25) is 4.98 Å². The second kappa shape index (κ2) is 5.17. The minimum Gasteiger partial charge on any atom is -0.478 e. The van der Waals surface area contributed by atoms with Gasteiger partial charge in [-0.2, -0.15) is 0 Å². The van der Waals surface area contributed by atoms with E-state index in [0.29, 0.717) is 5.56 Å². The number of pyridine rings is 1. The van der Waals surface area contributed by atoms with Crippen LogP contribution in [0.1, 0.15) is 15.9 Å². The molecule has 0 bridgehead atoms. The molecule has 0 aliphatic heterocycles. The first-order chi connectivity index (χ1) is 9.75. The van der Waals surface area contributed by atoms with Gasteiger partial charge in [0.2, 0.25) is 0 Å². The van der Waals surface area contributed by atoms with Crippen molar-refractivity contribution in [2.45, 2.75) is 13.0 Å². The van der Waals surface area contributed by atoms with Crippen molar-refractivity contribution in [3.63, 3.8) is 0 Å². The number of fused-ring (bicyclic) bond motifs is 1. The minimum absolute atomic E-state index is 0.352. The van der Waals surface area contributed by atoms with E-state index in [2.05, 4.69) is 9.55 Å². The van der Waals surface area contributed by atoms with Crippen LogP contribution in [0.5, 0.6) is 0 Å². The second-order valence-corrected chi connectivity index (χ2v) is 4.66. The molecule has 100 valence electrons. The molecule has 0 atom stereocenters. The smallest absolute Gasteiger partial charge is 0.336 e. The number of nitrogens with zero attached hydrogens (tertiary/aromatic N) is 2. The van der Waals surface area contributed by atoms with E-state index in [-0.39, 0.29) is 0 Å². The molecule has 4 heteroatoms. The number of hydrogen-bond donors (Lipinski definition) is 1. The predicted octanol–water partition coefficient (Wildman–Crippen LogP) is 2.98. The van der Waals surface area contributed by atoms with Gasteiger partial charge in [0.15, 0.2) is 0 Å². The summed E-state index contributed by atoms with van der Waals surface area (Å²) in [6.07, 6.45) is 6.40. The molecule has 3 aromatic rings. The van der Waals surface area contributed by atoms with E-state index < -0.39 is 5.97 Å². The molecule has 0 saturated heterocycles. The molecule has 0 spiro atoms. The van der Waals surface area contributed by atoms with Crippen LogP contribution in [0.15, 0.2) is 55.0 Å². The largest absolute Gasteiger partial charge is 0.478 e. The molecule has 0 fully saturated rings. The van der Waals surface area contributed by atoms with E-state index in [1.165, 1.54) is 5.56 Å². The first kappa shape index (κ1) is 12.4. The number of carbonyl (C=O) groups is 1. The van der Waals surface area contributed by atoms with Crippen molar-refractivity contribution in [2.24, 2.45) is 0 Å². The van der Waals surface area contributed by atoms with E-state index in [1.807, 2.05) is 30.5 Å². The fraction of sp³-hybridized carbons (Fsp3) is 0.125. The molecule has 0 amide bonds. The lowest BCUT2D eigenvalue weighted by Crippen LogP contribution is -2.01. The number of hydrogen-bond acceptors (Lipinski definition) is 2. The molecule has 1 N–H and O–H groups in total. The van der Waals surface area contributed by atoms with Crippen LogP contribution in [0.3, 0.4) is 0 Å². The van der Waals surface area contributed by atoms with Crippen LogP contribution >= 0.6 is 0 Å². The Morgan fingerprint density at radius 3 is 2.70 bits per heavy atom. The molecule has 0 aliphatic carbocycles. The zero-order valence-electron chi connectivity index (χ0n) is 10.9. The summed E-state index contributed by atoms with van der Waals surface area (Å²) in [5.74, 6) is -0.887. The molecule has 3 rings (SSSR count). The van der Waals surface area contributed by atoms with Crippen LogP contribution in [0.25, 0.3) is 10.9 Å². The third-order valence-corrected chi connectivity index (χ3v) is 3.43. The molecule has 2 heterocycles. The molecule has 2 aromatic heterocycles. The Kier molecular flexibility index (Phi) is 3.21. The zero-order valence-corrected chi connectivity index (χ0v) is 10.9. The maximum atomic E-state index is 11.2. The summed E-state index contributed by atoms with van der Waals surface area (Å²) in [7, 11) is 0. The van der Waals surface area contributed by atoms with Crippen molar-refractivity contribution in [2.75, 3.05) is 0 Å². The molecule has 1 aromatic carbocycles. The normalized spacial score (nSPS) is 10.8. The van der Waals surface area contributed by atoms with Gasteiger partial charge in [0.25, 0.3) is 0 Å². The van der Waals surface area contributed by atoms with Gasteiger partial charge in [0, 0.05) is 36.0 Å². The molecule has 0 radical (unpaired) electrons. The topological polar surface area (TPSA) is 55.1 Å². The summed E-state index contributed by atoms with van der Waals surface area (Å²) in [5, 5.41) is 9.97. The molecule has 0 unspecified atom stereocenters. The Bertz CT molecular complexity index is 748. The molecule has 4 nitrogen and oxygen atoms in total. The zero-order chi connectivity index (χ0) is 13.9. The van der Waals surface area contributed by atoms with Gasteiger partial charge in [-0.25, -0.2) is 4.79 Å². The summed E-state index contributed by atoms with van der Waals surface area (Å²) in [6.45, 7) is 0.816. The van der Waals surface area contributed by atoms with E-state index in [0.717, 1.165) is 23.9 Å². The first-order valence-electron chi connectivity index (χ1n) is 6.46. The van der Waals surface area contributed by atoms with Crippen LogP contribution in [0.2, 0.25) is 0 Å². The van der Waals surface area contributed by atoms with Gasteiger partial charge in [0.05, 0.1) is 5.56 Å². The predicted molar refractivity (Wildman–Crippen MR) is 76.8 cm³/mol. The van der Waals surface area contributed by atoms with Crippen LogP contribution in [-0.4, -0.2) is 20.6 Å². The third kappa shape index (κ3) is 2.28. The molecule has 20 heavy (non-hydrogen) atoms. The number of carboxylic acid groups (broad SMARTS) is 1. The average Bonchev–Trinajstić information content (AvgIpc) is 2.89. The summed E-state index contributed by atoms with van der Waals surface area (Å²) in [6, 6.07) is 11.2. The number of aromatic nitrogens is 2. The van der Waals surface area contributed by atoms with E-state index in [4.69, 9.17) is 0 Å². The number of aromatic carboxylic acids is 1. The van der Waals surface area contributed by atoms with Crippen molar-refractivity contribution < 1.29 is 9.90 Å². The Labute approximate surface area is 116 Å². The summed E-state index contributed by atoms with van der Waals surface area (Å²) < 4.78 is 2.09. The lowest BCUT2D eigenvalue weighted by Gasteiger charge is -2.06. The highest BCUT2D eigenvalue weighted by Crippen LogP contribution is 2.20. The second-order valence-electron chi connectivity index (χ2n) is 4.66. The highest BCUT2D eigenvalue weighted by atomic mass is 16.4. The van der Waals surface area contributed by atoms with Crippen molar-refractivity contribution in [1.82, 2.24) is 9.55 Å². The fourth-order valence-corrected chi connectivity index (χ4v) is 2.40. The summed E-state index contributed by atoms with van der Waals surface area (Å²) >= 11 is 0. The Balaban J connectivity index is 1.90. The highest BCUT2D eigenvalue weighted by molar-refractivity contribution is 6.02. The molecular weight excluding hydrogens is 252 g/mol. The van der Waals surface area contributed by atoms with Crippen LogP contribution in [0, 0.1) is 0 Å². The van der Waals surface area contributed by atoms with Crippen LogP contribution < -0.4 is 0 Å². The quantitative estimate of drug-likeness (QED) is 0.789. The van der Waals surface area contributed by atoms with Crippen LogP contribution in [0.4, 0.5) is 0 Å². The fourth-order valence-electron chi connectivity index (χ4n) is 2.40. The van der Waals surface area contributed by atoms with Gasteiger partial charge in [-0.05, 0) is 42.3 Å². The van der Waals surface area contributed by atoms with E-state index in [9.17, 15) is 9.90 Å². The van der Waals surface area contributed by atoms with E-state index in [1.54, 1.807) is 24.5 Å². The van der Waals surface area contributed by atoms with Gasteiger partial charge >= 0.3 is 5.97 Å². The van der Waals surface area contributed by atoms with Gasteiger partial charge in [-0.15, -0.1) is 0 Å². The maximum Gasteiger partial charge on any atom is 0.336 e. The number of rotatable bonds is 4. The Morgan fingerprint density at radius 1 is 1.15 bits per heavy atom. The first-order valence-corrected chi connectivity index (χ1v) is 6.46. The van der Waals surface area contributed by atoms with Gasteiger partial charge in [0.1, 0.15) is 0 Å². The summed E-state index contributed by atoms with van der Waals surface area (Å²) in [5.41, 5.74) is 2.53. The Hall–Kier alpha value is -2.62. The monoisotopic (exact) mass is 266 g/mol. The number of carboxylic acids is 1. The maximum absolute atomic E-state index is 11.2. The molecule has 0 aliphatic rings. The third-order valence-electron chi connectivity index (χ3n) is 3.43. The molecule has 0 saturated carbocycles. The molecular formula is C16H14N2O2. The van der Waals surface area contributed by atoms with Crippen molar-refractivity contribution in [3.05, 3.63) is 66.1 Å². The van der Waals surface area contributed by atoms with Crippen molar-refractivity contribution in [3.8, 4) is 0 Å². The lowest BCUT2D eigenvalue weighted by molar-refractivity contribution is 0.0699. The van der Waals surface area contributed by atoms with E-state index >= 15 is 0 Å². The van der Waals surface area contributed by atoms with Crippen molar-refractivity contribution >= 4 is 16.9 Å². The Morgan fingerprint density at radius 2 is 1.95 bits per heavy atom. The van der Waals surface area contributed by atoms with Crippen molar-refractivity contribution in [1.29, 1.82) is 0 Å². The van der Waals surface area contributed by atoms with Gasteiger partial charge in [-0.1, -0.05) is 6.07 Å². The standard InChI is InChI=1S/C16H14N2O2/c19-16(20)14-2-1-3-15-13(14)7-11-18(15)10-6-12-4-8-17-9-5-12/h1-5,7-9,11H,6,10H2,(H,19,20). The number of aryl methyl sites for hydroxylation is 2. The SMILES string of the molecule is O=C(O)c1cccc2c1ccn2CCc1ccncc1. The average molecular weight is 266 g/mol. The van der Waals surface area contributed by atoms with Crippen LogP contribution in [-0.2, 0) is 13.0 Å².